The maximum absolute atomic E-state index is 13.2. The number of ether oxygens (including phenoxy) is 4. The topological polar surface area (TPSA) is 105 Å². The van der Waals surface area contributed by atoms with E-state index in [9.17, 15) is 4.79 Å². The van der Waals surface area contributed by atoms with Gasteiger partial charge in [0.25, 0.3) is 0 Å². The lowest BCUT2D eigenvalue weighted by Crippen LogP contribution is -2.42. The molecule has 1 fully saturated rings. The number of piperidine rings is 1. The Morgan fingerprint density at radius 1 is 0.925 bits per heavy atom. The third kappa shape index (κ3) is 6.16. The Morgan fingerprint density at radius 3 is 2.38 bits per heavy atom. The zero-order chi connectivity index (χ0) is 27.4. The second kappa shape index (κ2) is 13.0. The average Bonchev–Trinajstić information content (AvgIpc) is 3.12. The summed E-state index contributed by atoms with van der Waals surface area (Å²) < 4.78 is 21.9. The molecule has 2 aliphatic rings. The zero-order valence-corrected chi connectivity index (χ0v) is 23.7. The average molecular weight is 550 g/mol. The first kappa shape index (κ1) is 29.2. The van der Waals surface area contributed by atoms with Gasteiger partial charge in [-0.15, -0.1) is 0 Å². The van der Waals surface area contributed by atoms with E-state index in [0.29, 0.717) is 29.6 Å². The molecule has 1 unspecified atom stereocenters. The summed E-state index contributed by atoms with van der Waals surface area (Å²) in [4.78, 5) is 22.1. The lowest BCUT2D eigenvalue weighted by atomic mass is 9.96. The fourth-order valence-corrected chi connectivity index (χ4v) is 5.74. The van der Waals surface area contributed by atoms with Crippen molar-refractivity contribution < 1.29 is 29.2 Å². The molecular weight excluding hydrogens is 510 g/mol. The van der Waals surface area contributed by atoms with Crippen LogP contribution >= 0.6 is 0 Å². The summed E-state index contributed by atoms with van der Waals surface area (Å²) in [6.45, 7) is 3.71. The molecule has 1 atom stereocenters. The number of fused-ring (bicyclic) bond motifs is 2. The highest BCUT2D eigenvalue weighted by Crippen LogP contribution is 2.34. The van der Waals surface area contributed by atoms with Crippen LogP contribution in [0, 0.1) is 5.92 Å². The van der Waals surface area contributed by atoms with Crippen LogP contribution in [-0.2, 0) is 17.6 Å². The lowest BCUT2D eigenvalue weighted by Gasteiger charge is -2.34. The van der Waals surface area contributed by atoms with Gasteiger partial charge in [0.15, 0.2) is 23.0 Å². The van der Waals surface area contributed by atoms with Gasteiger partial charge in [-0.3, -0.25) is 9.78 Å². The molecule has 0 bridgehead atoms. The molecule has 0 spiro atoms. The monoisotopic (exact) mass is 549 g/mol. The van der Waals surface area contributed by atoms with Crippen molar-refractivity contribution in [1.29, 1.82) is 0 Å². The summed E-state index contributed by atoms with van der Waals surface area (Å²) in [7, 11) is 6.55. The summed E-state index contributed by atoms with van der Waals surface area (Å²) in [6, 6.07) is 7.88. The third-order valence-electron chi connectivity index (χ3n) is 7.84. The van der Waals surface area contributed by atoms with Gasteiger partial charge < -0.3 is 34.2 Å². The highest BCUT2D eigenvalue weighted by Gasteiger charge is 2.26. The molecule has 0 aliphatic carbocycles. The number of likely N-dealkylation sites (tertiary alicyclic amines) is 1. The van der Waals surface area contributed by atoms with E-state index in [4.69, 9.17) is 18.9 Å². The number of benzene rings is 2. The summed E-state index contributed by atoms with van der Waals surface area (Å²) in [6.07, 6.45) is 11.3. The Balaban J connectivity index is 0.00000370. The van der Waals surface area contributed by atoms with Gasteiger partial charge in [0, 0.05) is 43.6 Å². The molecule has 5 rings (SSSR count). The van der Waals surface area contributed by atoms with Crippen LogP contribution in [0.5, 0.6) is 23.0 Å². The van der Waals surface area contributed by atoms with Gasteiger partial charge in [-0.05, 0) is 84.1 Å². The van der Waals surface area contributed by atoms with E-state index in [1.165, 1.54) is 5.56 Å². The Morgan fingerprint density at radius 2 is 1.62 bits per heavy atom. The minimum atomic E-state index is 0. The van der Waals surface area contributed by atoms with Crippen LogP contribution in [-0.4, -0.2) is 80.8 Å². The van der Waals surface area contributed by atoms with Gasteiger partial charge in [0.2, 0.25) is 5.91 Å². The van der Waals surface area contributed by atoms with Crippen molar-refractivity contribution in [2.45, 2.75) is 25.7 Å². The van der Waals surface area contributed by atoms with Gasteiger partial charge in [-0.2, -0.15) is 0 Å². The van der Waals surface area contributed by atoms with Gasteiger partial charge in [0.1, 0.15) is 0 Å². The largest absolute Gasteiger partial charge is 0.493 e. The number of rotatable bonds is 9. The number of methoxy groups -OCH3 is 4. The Labute approximate surface area is 235 Å². The van der Waals surface area contributed by atoms with Crippen molar-refractivity contribution in [2.75, 3.05) is 54.6 Å². The number of carbonyl (C=O) groups is 1. The third-order valence-corrected chi connectivity index (χ3v) is 7.84. The second-order valence-corrected chi connectivity index (χ2v) is 10.2. The van der Waals surface area contributed by atoms with Gasteiger partial charge in [-0.25, -0.2) is 0 Å². The molecule has 3 heterocycles. The standard InChI is InChI=1S/C31H37N3O5.H2O/c1-36-27-12-22-8-11-34(31(35)15-24(22)13-28(27)37-2)20-21-6-5-9-33(19-21)10-7-23-17-32-18-25-14-29(38-3)30(39-4)16-26(23)25;/h8,11-14,16-18,21H,5-7,9-10,15,19-20H2,1-4H3;1H2. The van der Waals surface area contributed by atoms with Crippen molar-refractivity contribution in [3.8, 4) is 23.0 Å². The van der Waals surface area contributed by atoms with Crippen molar-refractivity contribution >= 4 is 22.8 Å². The Bertz CT molecular complexity index is 1370. The first-order valence-corrected chi connectivity index (χ1v) is 13.5. The highest BCUT2D eigenvalue weighted by atomic mass is 16.5. The highest BCUT2D eigenvalue weighted by molar-refractivity contribution is 5.88. The number of carbonyl (C=O) groups excluding carboxylic acids is 1. The van der Waals surface area contributed by atoms with Crippen LogP contribution in [0.1, 0.15) is 29.5 Å². The van der Waals surface area contributed by atoms with Crippen LogP contribution in [0.15, 0.2) is 42.9 Å². The predicted molar refractivity (Wildman–Crippen MR) is 155 cm³/mol. The van der Waals surface area contributed by atoms with Crippen molar-refractivity contribution in [2.24, 2.45) is 5.92 Å². The molecule has 2 N–H and O–H groups in total. The van der Waals surface area contributed by atoms with E-state index in [2.05, 4.69) is 9.88 Å². The molecule has 1 saturated heterocycles. The minimum absolute atomic E-state index is 0. The van der Waals surface area contributed by atoms with Crippen LogP contribution in [0.2, 0.25) is 0 Å². The molecule has 0 radical (unpaired) electrons. The Kier molecular flexibility index (Phi) is 9.50. The van der Waals surface area contributed by atoms with E-state index in [-0.39, 0.29) is 11.4 Å². The molecule has 9 nitrogen and oxygen atoms in total. The Hall–Kier alpha value is -3.82. The predicted octanol–water partition coefficient (Wildman–Crippen LogP) is 3.75. The van der Waals surface area contributed by atoms with Crippen molar-refractivity contribution in [3.63, 3.8) is 0 Å². The van der Waals surface area contributed by atoms with Gasteiger partial charge >= 0.3 is 0 Å². The summed E-state index contributed by atoms with van der Waals surface area (Å²) >= 11 is 0. The summed E-state index contributed by atoms with van der Waals surface area (Å²) in [5.41, 5.74) is 3.15. The quantitative estimate of drug-likeness (QED) is 0.400. The van der Waals surface area contributed by atoms with E-state index in [1.54, 1.807) is 28.4 Å². The van der Waals surface area contributed by atoms with Gasteiger partial charge in [-0.1, -0.05) is 0 Å². The number of hydrogen-bond acceptors (Lipinski definition) is 7. The molecular formula is C31H39N3O6. The zero-order valence-electron chi connectivity index (χ0n) is 23.7. The molecule has 40 heavy (non-hydrogen) atoms. The maximum Gasteiger partial charge on any atom is 0.230 e. The number of aromatic nitrogens is 1. The van der Waals surface area contributed by atoms with E-state index >= 15 is 0 Å². The molecule has 1 amide bonds. The van der Waals surface area contributed by atoms with Crippen LogP contribution in [0.3, 0.4) is 0 Å². The van der Waals surface area contributed by atoms with Crippen LogP contribution < -0.4 is 18.9 Å². The molecule has 0 saturated carbocycles. The molecule has 2 aromatic carbocycles. The number of hydrogen-bond donors (Lipinski definition) is 0. The fourth-order valence-electron chi connectivity index (χ4n) is 5.74. The van der Waals surface area contributed by atoms with Crippen molar-refractivity contribution in [1.82, 2.24) is 14.8 Å². The normalized spacial score (nSPS) is 17.1. The summed E-state index contributed by atoms with van der Waals surface area (Å²) in [5.74, 6) is 3.29. The molecule has 3 aromatic rings. The number of pyridine rings is 1. The molecule has 214 valence electrons. The van der Waals surface area contributed by atoms with Crippen LogP contribution in [0.4, 0.5) is 0 Å². The molecule has 9 heteroatoms. The minimum Gasteiger partial charge on any atom is -0.493 e. The SMILES string of the molecule is COc1cc2c(cc1OC)CC(=O)N(CC1CCCN(CCc3cncc4cc(OC)c(OC)cc34)C1)C=C2.O. The van der Waals surface area contributed by atoms with Gasteiger partial charge in [0.05, 0.1) is 34.9 Å². The first-order chi connectivity index (χ1) is 19.0. The molecule has 1 aromatic heterocycles. The second-order valence-electron chi connectivity index (χ2n) is 10.2. The van der Waals surface area contributed by atoms with E-state index in [1.807, 2.05) is 53.8 Å². The first-order valence-electron chi connectivity index (χ1n) is 13.5. The lowest BCUT2D eigenvalue weighted by molar-refractivity contribution is -0.128. The number of amides is 1. The van der Waals surface area contributed by atoms with Crippen molar-refractivity contribution in [3.05, 3.63) is 59.5 Å². The van der Waals surface area contributed by atoms with E-state index in [0.717, 1.165) is 73.1 Å². The maximum atomic E-state index is 13.2. The smallest absolute Gasteiger partial charge is 0.230 e. The molecule has 2 aliphatic heterocycles. The van der Waals surface area contributed by atoms with E-state index < -0.39 is 0 Å². The number of nitrogens with zero attached hydrogens (tertiary/aromatic N) is 3. The fraction of sp³-hybridized carbons (Fsp3) is 0.419. The van der Waals surface area contributed by atoms with Crippen LogP contribution in [0.25, 0.3) is 16.8 Å². The summed E-state index contributed by atoms with van der Waals surface area (Å²) in [5, 5.41) is 2.19.